The third-order valence-corrected chi connectivity index (χ3v) is 9.53. The first-order chi connectivity index (χ1) is 19.6. The van der Waals surface area contributed by atoms with Crippen LogP contribution in [0.3, 0.4) is 0 Å². The zero-order valence-electron chi connectivity index (χ0n) is 22.7. The van der Waals surface area contributed by atoms with Crippen molar-refractivity contribution in [1.29, 1.82) is 0 Å². The maximum absolute atomic E-state index is 14.6. The molecule has 1 spiro atoms. The Hall–Kier alpha value is -3.67. The Labute approximate surface area is 239 Å². The summed E-state index contributed by atoms with van der Waals surface area (Å²) in [6.07, 6.45) is 0.604. The zero-order valence-corrected chi connectivity index (χ0v) is 23.5. The van der Waals surface area contributed by atoms with Gasteiger partial charge in [0.15, 0.2) is 0 Å². The Morgan fingerprint density at radius 1 is 1.12 bits per heavy atom. The Morgan fingerprint density at radius 2 is 1.90 bits per heavy atom. The van der Waals surface area contributed by atoms with Crippen molar-refractivity contribution in [3.63, 3.8) is 0 Å². The molecule has 1 aliphatic carbocycles. The third kappa shape index (κ3) is 5.02. The molecule has 0 radical (unpaired) electrons. The van der Waals surface area contributed by atoms with E-state index in [0.29, 0.717) is 47.9 Å². The Balaban J connectivity index is 1.19. The molecule has 1 N–H and O–H groups in total. The number of nitrogens with zero attached hydrogens (tertiary/aromatic N) is 4. The van der Waals surface area contributed by atoms with Crippen molar-refractivity contribution in [3.05, 3.63) is 70.2 Å². The number of aromatic nitrogens is 2. The van der Waals surface area contributed by atoms with E-state index in [1.807, 2.05) is 6.07 Å². The molecule has 3 aromatic rings. The minimum absolute atomic E-state index is 0.0529. The van der Waals surface area contributed by atoms with Gasteiger partial charge in [0.1, 0.15) is 29.0 Å². The largest absolute Gasteiger partial charge is 0.488 e. The molecule has 1 saturated carbocycles. The van der Waals surface area contributed by atoms with Gasteiger partial charge in [0, 0.05) is 44.1 Å². The topological polar surface area (TPSA) is 87.7 Å². The molecule has 3 amide bonds. The molecule has 6 rings (SSSR count). The van der Waals surface area contributed by atoms with E-state index in [0.717, 1.165) is 12.8 Å². The van der Waals surface area contributed by atoms with Crippen LogP contribution in [-0.2, 0) is 10.2 Å². The number of rotatable bonds is 6. The van der Waals surface area contributed by atoms with Gasteiger partial charge in [-0.05, 0) is 73.1 Å². The minimum atomic E-state index is -2.72. The van der Waals surface area contributed by atoms with E-state index >= 15 is 0 Å². The summed E-state index contributed by atoms with van der Waals surface area (Å²) in [4.78, 5) is 32.9. The van der Waals surface area contributed by atoms with Crippen LogP contribution >= 0.6 is 11.5 Å². The number of ether oxygens (including phenoxy) is 1. The summed E-state index contributed by atoms with van der Waals surface area (Å²) in [5.74, 6) is 0.0336. The van der Waals surface area contributed by atoms with Gasteiger partial charge >= 0.3 is 6.03 Å². The number of alkyl halides is 2. The number of aryl methyl sites for hydroxylation is 1. The summed E-state index contributed by atoms with van der Waals surface area (Å²) in [7, 11) is 0. The first-order valence-electron chi connectivity index (χ1n) is 13.5. The van der Waals surface area contributed by atoms with Gasteiger partial charge in [-0.15, -0.1) is 0 Å². The monoisotopic (exact) mass is 585 g/mol. The van der Waals surface area contributed by atoms with Crippen molar-refractivity contribution in [2.45, 2.75) is 51.1 Å². The van der Waals surface area contributed by atoms with Crippen LogP contribution in [-0.4, -0.2) is 63.4 Å². The van der Waals surface area contributed by atoms with Crippen LogP contribution in [0.1, 0.15) is 54.3 Å². The van der Waals surface area contributed by atoms with E-state index in [9.17, 15) is 22.8 Å². The van der Waals surface area contributed by atoms with Crippen molar-refractivity contribution in [2.24, 2.45) is 5.41 Å². The van der Waals surface area contributed by atoms with Gasteiger partial charge < -0.3 is 19.9 Å². The first-order valence-corrected chi connectivity index (χ1v) is 14.3. The van der Waals surface area contributed by atoms with Gasteiger partial charge in [-0.3, -0.25) is 4.79 Å². The smallest absolute Gasteiger partial charge is 0.321 e. The lowest BCUT2D eigenvalue weighted by molar-refractivity contribution is -0.157. The number of carbonyl (C=O) groups is 2. The fourth-order valence-corrected chi connectivity index (χ4v) is 7.03. The summed E-state index contributed by atoms with van der Waals surface area (Å²) in [6.45, 7) is 5.21. The van der Waals surface area contributed by atoms with Crippen LogP contribution < -0.4 is 10.1 Å². The normalized spacial score (nSPS) is 21.6. The van der Waals surface area contributed by atoms with Gasteiger partial charge in [0.2, 0.25) is 5.91 Å². The van der Waals surface area contributed by atoms with Crippen LogP contribution in [0.25, 0.3) is 0 Å². The zero-order chi connectivity index (χ0) is 28.9. The lowest BCUT2D eigenvalue weighted by Crippen LogP contribution is -2.65. The van der Waals surface area contributed by atoms with Crippen molar-refractivity contribution in [3.8, 4) is 5.75 Å². The summed E-state index contributed by atoms with van der Waals surface area (Å²) in [5.41, 5.74) is 0.479. The number of urea groups is 1. The maximum atomic E-state index is 14.6. The predicted molar refractivity (Wildman–Crippen MR) is 147 cm³/mol. The lowest BCUT2D eigenvalue weighted by atomic mass is 9.61. The highest BCUT2D eigenvalue weighted by Crippen LogP contribution is 2.50. The summed E-state index contributed by atoms with van der Waals surface area (Å²) < 4.78 is 52.0. The Morgan fingerprint density at radius 3 is 2.56 bits per heavy atom. The molecule has 0 bridgehead atoms. The van der Waals surface area contributed by atoms with Crippen LogP contribution in [0.15, 0.2) is 42.7 Å². The lowest BCUT2D eigenvalue weighted by Gasteiger charge is -2.58. The van der Waals surface area contributed by atoms with Gasteiger partial charge in [0.25, 0.3) is 6.43 Å². The molecule has 3 heterocycles. The summed E-state index contributed by atoms with van der Waals surface area (Å²) >= 11 is 1.21. The molecule has 41 heavy (non-hydrogen) atoms. The van der Waals surface area contributed by atoms with Gasteiger partial charge in [-0.2, -0.15) is 4.37 Å². The number of amides is 3. The predicted octanol–water partition coefficient (Wildman–Crippen LogP) is 5.54. The number of benzene rings is 2. The first kappa shape index (κ1) is 27.5. The highest BCUT2D eigenvalue weighted by Gasteiger charge is 2.54. The highest BCUT2D eigenvalue weighted by molar-refractivity contribution is 7.05. The molecule has 8 nitrogen and oxygen atoms in total. The standard InChI is InChI=1S/C29H30F3N5O3S/c1-17-3-5-20(10-22(17)30)29(26-33-16-34-41-26)7-8-36(15-29)27(39)35-23-9-19(25(31)32)4-6-24(23)40-21-11-28(12-21)13-37(14-28)18(2)38/h3-6,9-10,16,21,25H,7-8,11-15H2,1-2H3,(H,35,39)/t29-/m0/s1. The second-order valence-corrected chi connectivity index (χ2v) is 12.3. The van der Waals surface area contributed by atoms with Crippen LogP contribution in [0.4, 0.5) is 23.7 Å². The molecular weight excluding hydrogens is 555 g/mol. The second kappa shape index (κ2) is 10.3. The number of anilines is 1. The number of nitrogens with one attached hydrogen (secondary N) is 1. The van der Waals surface area contributed by atoms with Crippen molar-refractivity contribution < 1.29 is 27.5 Å². The van der Waals surface area contributed by atoms with Gasteiger partial charge in [-0.1, -0.05) is 12.1 Å². The molecule has 2 saturated heterocycles. The molecule has 216 valence electrons. The molecule has 3 fully saturated rings. The van der Waals surface area contributed by atoms with E-state index in [-0.39, 0.29) is 41.0 Å². The number of likely N-dealkylation sites (tertiary alicyclic amines) is 2. The summed E-state index contributed by atoms with van der Waals surface area (Å²) in [5, 5.41) is 3.47. The maximum Gasteiger partial charge on any atom is 0.321 e. The average molecular weight is 586 g/mol. The molecule has 1 atom stereocenters. The number of hydrogen-bond acceptors (Lipinski definition) is 6. The SMILES string of the molecule is CC(=O)N1CC2(CC(Oc3ccc(C(F)F)cc3NC(=O)N3CC[C@](c4ccc(C)c(F)c4)(c4ncns4)C3)C2)C1. The molecule has 3 aliphatic rings. The van der Waals surface area contributed by atoms with E-state index in [1.165, 1.54) is 42.1 Å². The van der Waals surface area contributed by atoms with Gasteiger partial charge in [-0.25, -0.2) is 22.9 Å². The van der Waals surface area contributed by atoms with Crippen molar-refractivity contribution in [2.75, 3.05) is 31.5 Å². The summed E-state index contributed by atoms with van der Waals surface area (Å²) in [6, 6.07) is 8.59. The highest BCUT2D eigenvalue weighted by atomic mass is 32.1. The van der Waals surface area contributed by atoms with Crippen LogP contribution in [0.2, 0.25) is 0 Å². The van der Waals surface area contributed by atoms with Crippen molar-refractivity contribution in [1.82, 2.24) is 19.2 Å². The fourth-order valence-electron chi connectivity index (χ4n) is 6.28. The Bertz CT molecular complexity index is 1470. The fraction of sp³-hybridized carbons (Fsp3) is 0.448. The van der Waals surface area contributed by atoms with E-state index in [2.05, 4.69) is 14.7 Å². The van der Waals surface area contributed by atoms with E-state index in [4.69, 9.17) is 4.74 Å². The second-order valence-electron chi connectivity index (χ2n) is 11.5. The molecule has 0 unspecified atom stereocenters. The quantitative estimate of drug-likeness (QED) is 0.411. The molecular formula is C29H30F3N5O3S. The van der Waals surface area contributed by atoms with E-state index < -0.39 is 17.9 Å². The average Bonchev–Trinajstić information content (AvgIpc) is 3.58. The molecule has 2 aromatic carbocycles. The third-order valence-electron chi connectivity index (χ3n) is 8.66. The molecule has 12 heteroatoms. The number of hydrogen-bond donors (Lipinski definition) is 1. The van der Waals surface area contributed by atoms with Gasteiger partial charge in [0.05, 0.1) is 11.1 Å². The number of halogens is 3. The van der Waals surface area contributed by atoms with E-state index in [1.54, 1.807) is 29.7 Å². The Kier molecular flexibility index (Phi) is 6.91. The van der Waals surface area contributed by atoms with Crippen LogP contribution in [0.5, 0.6) is 5.75 Å². The van der Waals surface area contributed by atoms with Crippen LogP contribution in [0, 0.1) is 18.2 Å². The van der Waals surface area contributed by atoms with Crippen molar-refractivity contribution >= 4 is 29.2 Å². The minimum Gasteiger partial charge on any atom is -0.488 e. The number of carbonyl (C=O) groups excluding carboxylic acids is 2. The molecule has 1 aromatic heterocycles. The molecule has 2 aliphatic heterocycles.